The Morgan fingerprint density at radius 3 is 2.26 bits per heavy atom. The third-order valence-electron chi connectivity index (χ3n) is 5.80. The molecule has 3 aromatic carbocycles. The average Bonchev–Trinajstić information content (AvgIpc) is 2.83. The normalized spacial score (nSPS) is 13.2. The lowest BCUT2D eigenvalue weighted by Crippen LogP contribution is -2.35. The number of nitrogens with zero attached hydrogens (tertiary/aromatic N) is 1. The maximum atomic E-state index is 13.6. The SMILES string of the molecule is CC(SCCN1CCOc2c(OCC(=O)O)cccc21)(c1ccc(F)cc1)c1ccc(F)cc1. The van der Waals surface area contributed by atoms with Crippen molar-refractivity contribution in [1.29, 1.82) is 0 Å². The number of thioether (sulfide) groups is 1. The molecule has 0 aliphatic carbocycles. The predicted molar refractivity (Wildman–Crippen MR) is 129 cm³/mol. The molecule has 0 spiro atoms. The minimum Gasteiger partial charge on any atom is -0.486 e. The van der Waals surface area contributed by atoms with Crippen molar-refractivity contribution >= 4 is 23.4 Å². The van der Waals surface area contributed by atoms with Gasteiger partial charge in [-0.2, -0.15) is 0 Å². The minimum absolute atomic E-state index is 0.305. The Labute approximate surface area is 201 Å². The second-order valence-corrected chi connectivity index (χ2v) is 9.53. The Balaban J connectivity index is 1.53. The molecule has 0 bridgehead atoms. The van der Waals surface area contributed by atoms with Gasteiger partial charge < -0.3 is 19.5 Å². The van der Waals surface area contributed by atoms with E-state index in [1.807, 2.05) is 12.1 Å². The van der Waals surface area contributed by atoms with Gasteiger partial charge in [0.1, 0.15) is 18.2 Å². The standard InChI is InChI=1S/C26H25F2NO4S/c1-26(18-5-9-20(27)10-6-18,19-7-11-21(28)12-8-19)34-16-14-29-13-15-32-25-22(29)3-2-4-23(25)33-17-24(30)31/h2-12H,13-17H2,1H3,(H,30,31). The zero-order valence-corrected chi connectivity index (χ0v) is 19.5. The number of halogens is 2. The summed E-state index contributed by atoms with van der Waals surface area (Å²) in [5.74, 6) is 0.00874. The van der Waals surface area contributed by atoms with Crippen LogP contribution < -0.4 is 14.4 Å². The molecular formula is C26H25F2NO4S. The number of benzene rings is 3. The molecule has 4 rings (SSSR count). The Morgan fingerprint density at radius 1 is 1.06 bits per heavy atom. The van der Waals surface area contributed by atoms with Crippen LogP contribution in [0.2, 0.25) is 0 Å². The van der Waals surface area contributed by atoms with Crippen molar-refractivity contribution in [1.82, 2.24) is 0 Å². The van der Waals surface area contributed by atoms with Gasteiger partial charge in [-0.05, 0) is 54.4 Å². The van der Waals surface area contributed by atoms with E-state index in [2.05, 4.69) is 11.8 Å². The Kier molecular flexibility index (Phi) is 7.26. The summed E-state index contributed by atoms with van der Waals surface area (Å²) in [6.07, 6.45) is 0. The fraction of sp³-hybridized carbons (Fsp3) is 0.269. The number of hydrogen-bond acceptors (Lipinski definition) is 5. The maximum Gasteiger partial charge on any atom is 0.341 e. The summed E-state index contributed by atoms with van der Waals surface area (Å²) in [5, 5.41) is 8.92. The molecule has 0 saturated carbocycles. The first-order valence-electron chi connectivity index (χ1n) is 10.9. The van der Waals surface area contributed by atoms with Crippen molar-refractivity contribution in [3.63, 3.8) is 0 Å². The van der Waals surface area contributed by atoms with Gasteiger partial charge in [-0.3, -0.25) is 0 Å². The van der Waals surface area contributed by atoms with Gasteiger partial charge in [0.05, 0.1) is 17.0 Å². The van der Waals surface area contributed by atoms with Crippen LogP contribution in [0.4, 0.5) is 14.5 Å². The molecule has 1 heterocycles. The van der Waals surface area contributed by atoms with E-state index in [9.17, 15) is 13.6 Å². The van der Waals surface area contributed by atoms with Crippen molar-refractivity contribution in [2.24, 2.45) is 0 Å². The number of carboxylic acid groups (broad SMARTS) is 1. The Morgan fingerprint density at radius 2 is 1.68 bits per heavy atom. The minimum atomic E-state index is -1.05. The highest BCUT2D eigenvalue weighted by Crippen LogP contribution is 2.44. The largest absolute Gasteiger partial charge is 0.486 e. The van der Waals surface area contributed by atoms with E-state index in [1.54, 1.807) is 42.1 Å². The third-order valence-corrected chi connectivity index (χ3v) is 7.24. The van der Waals surface area contributed by atoms with Gasteiger partial charge in [-0.25, -0.2) is 13.6 Å². The number of carbonyl (C=O) groups is 1. The fourth-order valence-electron chi connectivity index (χ4n) is 3.99. The molecule has 1 aliphatic rings. The monoisotopic (exact) mass is 485 g/mol. The van der Waals surface area contributed by atoms with Crippen LogP contribution in [0.15, 0.2) is 66.7 Å². The van der Waals surface area contributed by atoms with Crippen molar-refractivity contribution in [3.05, 3.63) is 89.5 Å². The van der Waals surface area contributed by atoms with Crippen LogP contribution in [0.1, 0.15) is 18.1 Å². The van der Waals surface area contributed by atoms with Crippen LogP contribution in [0.5, 0.6) is 11.5 Å². The molecule has 34 heavy (non-hydrogen) atoms. The molecular weight excluding hydrogens is 460 g/mol. The van der Waals surface area contributed by atoms with Crippen LogP contribution in [-0.2, 0) is 9.54 Å². The lowest BCUT2D eigenvalue weighted by atomic mass is 9.92. The van der Waals surface area contributed by atoms with E-state index < -0.39 is 17.3 Å². The molecule has 5 nitrogen and oxygen atoms in total. The zero-order valence-electron chi connectivity index (χ0n) is 18.7. The number of aliphatic carboxylic acids is 1. The molecule has 0 aromatic heterocycles. The molecule has 1 aliphatic heterocycles. The van der Waals surface area contributed by atoms with Crippen molar-refractivity contribution in [2.75, 3.05) is 37.0 Å². The second-order valence-electron chi connectivity index (χ2n) is 8.02. The van der Waals surface area contributed by atoms with Crippen LogP contribution >= 0.6 is 11.8 Å². The van der Waals surface area contributed by atoms with Gasteiger partial charge in [-0.15, -0.1) is 11.8 Å². The summed E-state index contributed by atoms with van der Waals surface area (Å²) >= 11 is 1.69. The van der Waals surface area contributed by atoms with Crippen molar-refractivity contribution in [3.8, 4) is 11.5 Å². The summed E-state index contributed by atoms with van der Waals surface area (Å²) in [5.41, 5.74) is 2.70. The summed E-state index contributed by atoms with van der Waals surface area (Å²) in [6, 6.07) is 18.2. The fourth-order valence-corrected chi connectivity index (χ4v) is 5.32. The summed E-state index contributed by atoms with van der Waals surface area (Å²) in [7, 11) is 0. The molecule has 178 valence electrons. The highest BCUT2D eigenvalue weighted by atomic mass is 32.2. The number of carboxylic acids is 1. The van der Waals surface area contributed by atoms with Gasteiger partial charge in [0.2, 0.25) is 0 Å². The summed E-state index contributed by atoms with van der Waals surface area (Å²) in [4.78, 5) is 13.1. The van der Waals surface area contributed by atoms with Gasteiger partial charge >= 0.3 is 5.97 Å². The molecule has 0 saturated heterocycles. The zero-order chi connectivity index (χ0) is 24.1. The van der Waals surface area contributed by atoms with Crippen LogP contribution in [0.25, 0.3) is 0 Å². The number of hydrogen-bond donors (Lipinski definition) is 1. The van der Waals surface area contributed by atoms with E-state index in [1.165, 1.54) is 24.3 Å². The van der Waals surface area contributed by atoms with Crippen molar-refractivity contribution < 1.29 is 28.2 Å². The van der Waals surface area contributed by atoms with Gasteiger partial charge in [0.15, 0.2) is 18.1 Å². The smallest absolute Gasteiger partial charge is 0.341 e. The van der Waals surface area contributed by atoms with Crippen LogP contribution in [-0.4, -0.2) is 43.1 Å². The lowest BCUT2D eigenvalue weighted by Gasteiger charge is -2.34. The topological polar surface area (TPSA) is 59.0 Å². The highest BCUT2D eigenvalue weighted by molar-refractivity contribution is 8.00. The molecule has 3 aromatic rings. The molecule has 0 unspecified atom stereocenters. The Hall–Kier alpha value is -3.26. The van der Waals surface area contributed by atoms with E-state index >= 15 is 0 Å². The number of ether oxygens (including phenoxy) is 2. The van der Waals surface area contributed by atoms with Crippen molar-refractivity contribution in [2.45, 2.75) is 11.7 Å². The second kappa shape index (κ2) is 10.3. The Bertz CT molecular complexity index is 1090. The molecule has 0 atom stereocenters. The first-order chi connectivity index (χ1) is 16.4. The van der Waals surface area contributed by atoms with E-state index in [0.717, 1.165) is 22.6 Å². The first kappa shape index (κ1) is 23.9. The quantitative estimate of drug-likeness (QED) is 0.443. The summed E-state index contributed by atoms with van der Waals surface area (Å²) in [6.45, 7) is 3.45. The van der Waals surface area contributed by atoms with E-state index in [-0.39, 0.29) is 11.6 Å². The molecule has 0 amide bonds. The number of rotatable bonds is 9. The molecule has 8 heteroatoms. The molecule has 1 N–H and O–H groups in total. The first-order valence-corrected chi connectivity index (χ1v) is 11.9. The lowest BCUT2D eigenvalue weighted by molar-refractivity contribution is -0.139. The average molecular weight is 486 g/mol. The van der Waals surface area contributed by atoms with Crippen LogP contribution in [0.3, 0.4) is 0 Å². The number of para-hydroxylation sites is 1. The van der Waals surface area contributed by atoms with E-state index in [4.69, 9.17) is 14.6 Å². The van der Waals surface area contributed by atoms with E-state index in [0.29, 0.717) is 31.2 Å². The molecule has 0 fully saturated rings. The van der Waals surface area contributed by atoms with Gasteiger partial charge in [-0.1, -0.05) is 30.3 Å². The number of anilines is 1. The van der Waals surface area contributed by atoms with Crippen LogP contribution in [0, 0.1) is 11.6 Å². The predicted octanol–water partition coefficient (Wildman–Crippen LogP) is 5.32. The van der Waals surface area contributed by atoms with Gasteiger partial charge in [0.25, 0.3) is 0 Å². The number of fused-ring (bicyclic) bond motifs is 1. The summed E-state index contributed by atoms with van der Waals surface area (Å²) < 4.78 is 37.8. The maximum absolute atomic E-state index is 13.6. The van der Waals surface area contributed by atoms with Gasteiger partial charge in [0, 0.05) is 12.3 Å². The third kappa shape index (κ3) is 5.28. The highest BCUT2D eigenvalue weighted by Gasteiger charge is 2.30. The molecule has 0 radical (unpaired) electrons.